The van der Waals surface area contributed by atoms with Gasteiger partial charge in [0.2, 0.25) is 0 Å². The molecule has 106 valence electrons. The Kier molecular flexibility index (Phi) is 5.08. The Bertz CT molecular complexity index is 415. The molecule has 1 heterocycles. The zero-order chi connectivity index (χ0) is 13.8. The van der Waals surface area contributed by atoms with Crippen LogP contribution >= 0.6 is 11.6 Å². The maximum Gasteiger partial charge on any atom is 0.0726 e. The first-order chi connectivity index (χ1) is 9.11. The van der Waals surface area contributed by atoms with E-state index in [2.05, 4.69) is 37.1 Å². The predicted molar refractivity (Wildman–Crippen MR) is 81.1 cm³/mol. The van der Waals surface area contributed by atoms with Crippen LogP contribution in [0.4, 0.5) is 5.69 Å². The van der Waals surface area contributed by atoms with Gasteiger partial charge in [-0.1, -0.05) is 30.7 Å². The minimum Gasteiger partial charge on any atom is -0.372 e. The van der Waals surface area contributed by atoms with E-state index in [1.54, 1.807) is 0 Å². The second-order valence-electron chi connectivity index (χ2n) is 5.19. The fraction of sp³-hybridized carbons (Fsp3) is 0.600. The van der Waals surface area contributed by atoms with Crippen molar-refractivity contribution in [2.45, 2.75) is 39.5 Å². The maximum atomic E-state index is 6.43. The second kappa shape index (κ2) is 6.60. The third-order valence-electron chi connectivity index (χ3n) is 3.37. The molecule has 1 fully saturated rings. The molecule has 3 nitrogen and oxygen atoms in total. The molecule has 0 saturated carbocycles. The van der Waals surface area contributed by atoms with E-state index in [1.165, 1.54) is 5.56 Å². The number of hydrogen-bond donors (Lipinski definition) is 1. The Morgan fingerprint density at radius 3 is 2.63 bits per heavy atom. The number of para-hydroxylation sites is 1. The Labute approximate surface area is 120 Å². The van der Waals surface area contributed by atoms with Gasteiger partial charge in [0.25, 0.3) is 0 Å². The average Bonchev–Trinajstić information content (AvgIpc) is 2.35. The zero-order valence-electron chi connectivity index (χ0n) is 11.9. The number of hydrogen-bond acceptors (Lipinski definition) is 3. The van der Waals surface area contributed by atoms with Crippen molar-refractivity contribution < 1.29 is 4.74 Å². The lowest BCUT2D eigenvalue weighted by atomic mass is 10.1. The van der Waals surface area contributed by atoms with E-state index in [0.29, 0.717) is 0 Å². The summed E-state index contributed by atoms with van der Waals surface area (Å²) in [4.78, 5) is 2.36. The van der Waals surface area contributed by atoms with Gasteiger partial charge in [-0.2, -0.15) is 0 Å². The van der Waals surface area contributed by atoms with Gasteiger partial charge in [0.1, 0.15) is 0 Å². The molecule has 1 aromatic rings. The minimum atomic E-state index is 0.243. The van der Waals surface area contributed by atoms with Crippen LogP contribution in [0, 0.1) is 0 Å². The largest absolute Gasteiger partial charge is 0.372 e. The third kappa shape index (κ3) is 3.62. The number of ether oxygens (including phenoxy) is 1. The molecule has 0 spiro atoms. The van der Waals surface area contributed by atoms with Crippen LogP contribution in [0.1, 0.15) is 26.3 Å². The quantitative estimate of drug-likeness (QED) is 0.919. The molecule has 4 heteroatoms. The summed E-state index contributed by atoms with van der Waals surface area (Å²) < 4.78 is 5.80. The highest BCUT2D eigenvalue weighted by Gasteiger charge is 2.25. The van der Waals surface area contributed by atoms with Crippen LogP contribution in [0.25, 0.3) is 0 Å². The summed E-state index contributed by atoms with van der Waals surface area (Å²) >= 11 is 6.43. The van der Waals surface area contributed by atoms with Gasteiger partial charge in [0.15, 0.2) is 0 Å². The van der Waals surface area contributed by atoms with Crippen molar-refractivity contribution in [1.29, 1.82) is 0 Å². The molecule has 2 atom stereocenters. The fourth-order valence-electron chi connectivity index (χ4n) is 2.68. The molecule has 2 rings (SSSR count). The van der Waals surface area contributed by atoms with Crippen molar-refractivity contribution in [2.75, 3.05) is 24.5 Å². The van der Waals surface area contributed by atoms with E-state index in [9.17, 15) is 0 Å². The maximum absolute atomic E-state index is 6.43. The first-order valence-electron chi connectivity index (χ1n) is 7.00. The van der Waals surface area contributed by atoms with Crippen molar-refractivity contribution in [1.82, 2.24) is 5.32 Å². The molecule has 1 N–H and O–H groups in total. The lowest BCUT2D eigenvalue weighted by molar-refractivity contribution is -0.00525. The molecule has 1 aromatic carbocycles. The predicted octanol–water partition coefficient (Wildman–Crippen LogP) is 3.06. The summed E-state index contributed by atoms with van der Waals surface area (Å²) in [7, 11) is 0. The van der Waals surface area contributed by atoms with Crippen LogP contribution < -0.4 is 10.2 Å². The van der Waals surface area contributed by atoms with Gasteiger partial charge in [-0.25, -0.2) is 0 Å². The van der Waals surface area contributed by atoms with Crippen LogP contribution in [0.5, 0.6) is 0 Å². The normalized spacial score (nSPS) is 23.7. The molecular weight excluding hydrogens is 260 g/mol. The monoisotopic (exact) mass is 282 g/mol. The topological polar surface area (TPSA) is 24.5 Å². The average molecular weight is 283 g/mol. The zero-order valence-corrected chi connectivity index (χ0v) is 12.7. The minimum absolute atomic E-state index is 0.243. The molecule has 1 aliphatic rings. The first-order valence-corrected chi connectivity index (χ1v) is 7.38. The van der Waals surface area contributed by atoms with Gasteiger partial charge in [-0.05, 0) is 32.0 Å². The summed E-state index contributed by atoms with van der Waals surface area (Å²) in [5, 5.41) is 4.21. The van der Waals surface area contributed by atoms with Crippen molar-refractivity contribution in [2.24, 2.45) is 0 Å². The number of benzene rings is 1. The number of anilines is 1. The van der Waals surface area contributed by atoms with E-state index >= 15 is 0 Å². The van der Waals surface area contributed by atoms with Crippen LogP contribution in [-0.2, 0) is 11.3 Å². The van der Waals surface area contributed by atoms with Crippen molar-refractivity contribution in [3.63, 3.8) is 0 Å². The standard InChI is InChI=1S/C15H23ClN2O/c1-4-17-8-13-6-5-7-14(16)15(13)18-9-11(2)19-12(3)10-18/h5-7,11-12,17H,4,8-10H2,1-3H3. The molecular formula is C15H23ClN2O. The van der Waals surface area contributed by atoms with Crippen LogP contribution in [0.2, 0.25) is 5.02 Å². The highest BCUT2D eigenvalue weighted by atomic mass is 35.5. The number of nitrogens with zero attached hydrogens (tertiary/aromatic N) is 1. The SMILES string of the molecule is CCNCc1cccc(Cl)c1N1CC(C)OC(C)C1. The number of rotatable bonds is 4. The smallest absolute Gasteiger partial charge is 0.0726 e. The van der Waals surface area contributed by atoms with Gasteiger partial charge < -0.3 is 15.0 Å². The van der Waals surface area contributed by atoms with E-state index in [4.69, 9.17) is 16.3 Å². The summed E-state index contributed by atoms with van der Waals surface area (Å²) in [6.07, 6.45) is 0.485. The number of morpholine rings is 1. The molecule has 0 radical (unpaired) electrons. The molecule has 1 aliphatic heterocycles. The van der Waals surface area contributed by atoms with Gasteiger partial charge in [0, 0.05) is 19.6 Å². The van der Waals surface area contributed by atoms with E-state index in [-0.39, 0.29) is 12.2 Å². The molecule has 19 heavy (non-hydrogen) atoms. The Morgan fingerprint density at radius 2 is 2.00 bits per heavy atom. The van der Waals surface area contributed by atoms with Gasteiger partial charge in [-0.3, -0.25) is 0 Å². The molecule has 0 bridgehead atoms. The van der Waals surface area contributed by atoms with Crippen LogP contribution in [0.15, 0.2) is 18.2 Å². The summed E-state index contributed by atoms with van der Waals surface area (Å²) in [6.45, 7) is 9.95. The van der Waals surface area contributed by atoms with E-state index in [1.807, 2.05) is 12.1 Å². The second-order valence-corrected chi connectivity index (χ2v) is 5.60. The summed E-state index contributed by atoms with van der Waals surface area (Å²) in [5.74, 6) is 0. The van der Waals surface area contributed by atoms with Crippen LogP contribution in [0.3, 0.4) is 0 Å². The van der Waals surface area contributed by atoms with E-state index in [0.717, 1.165) is 36.9 Å². The highest BCUT2D eigenvalue weighted by molar-refractivity contribution is 6.33. The summed E-state index contributed by atoms with van der Waals surface area (Å²) in [5.41, 5.74) is 2.42. The number of halogens is 1. The van der Waals surface area contributed by atoms with E-state index < -0.39 is 0 Å². The Morgan fingerprint density at radius 1 is 1.32 bits per heavy atom. The molecule has 2 unspecified atom stereocenters. The lowest BCUT2D eigenvalue weighted by Crippen LogP contribution is -2.46. The molecule has 0 amide bonds. The fourth-order valence-corrected chi connectivity index (χ4v) is 2.99. The van der Waals surface area contributed by atoms with Crippen molar-refractivity contribution >= 4 is 17.3 Å². The Balaban J connectivity index is 2.26. The van der Waals surface area contributed by atoms with Gasteiger partial charge >= 0.3 is 0 Å². The summed E-state index contributed by atoms with van der Waals surface area (Å²) in [6, 6.07) is 6.14. The van der Waals surface area contributed by atoms with Crippen molar-refractivity contribution in [3.05, 3.63) is 28.8 Å². The molecule has 0 aliphatic carbocycles. The number of nitrogens with one attached hydrogen (secondary N) is 1. The highest BCUT2D eigenvalue weighted by Crippen LogP contribution is 2.32. The van der Waals surface area contributed by atoms with Crippen LogP contribution in [-0.4, -0.2) is 31.8 Å². The molecule has 0 aromatic heterocycles. The molecule has 1 saturated heterocycles. The van der Waals surface area contributed by atoms with Crippen molar-refractivity contribution in [3.8, 4) is 0 Å². The lowest BCUT2D eigenvalue weighted by Gasteiger charge is -2.38. The third-order valence-corrected chi connectivity index (χ3v) is 3.68. The Hall–Kier alpha value is -0.770. The van der Waals surface area contributed by atoms with Gasteiger partial charge in [-0.15, -0.1) is 0 Å². The van der Waals surface area contributed by atoms with Gasteiger partial charge in [0.05, 0.1) is 22.9 Å². The first kappa shape index (κ1) is 14.6.